The fourth-order valence-corrected chi connectivity index (χ4v) is 1.05. The minimum atomic E-state index is -1.11. The Morgan fingerprint density at radius 2 is 1.78 bits per heavy atom. The van der Waals surface area contributed by atoms with Crippen LogP contribution in [0.25, 0.3) is 0 Å². The topological polar surface area (TPSA) is 75.2 Å². The molecule has 5 nitrogen and oxygen atoms in total. The number of carbonyl (C=O) groups is 1. The number of rotatable bonds is 10. The van der Waals surface area contributed by atoms with Crippen LogP contribution in [0.3, 0.4) is 0 Å². The Hall–Kier alpha value is -0.910. The van der Waals surface area contributed by atoms with Crippen LogP contribution in [0.2, 0.25) is 0 Å². The van der Waals surface area contributed by atoms with Crippen molar-refractivity contribution in [2.45, 2.75) is 26.2 Å². The van der Waals surface area contributed by atoms with E-state index >= 15 is 0 Å². The Bertz CT molecular complexity index is 189. The van der Waals surface area contributed by atoms with Crippen LogP contribution in [0.5, 0.6) is 0 Å². The van der Waals surface area contributed by atoms with Crippen LogP contribution in [0.15, 0.2) is 12.2 Å². The first-order chi connectivity index (χ1) is 8.68. The van der Waals surface area contributed by atoms with Gasteiger partial charge in [0.1, 0.15) is 0 Å². The Morgan fingerprint density at radius 1 is 1.22 bits per heavy atom. The Morgan fingerprint density at radius 3 is 2.17 bits per heavy atom. The molecule has 0 fully saturated rings. The van der Waals surface area contributed by atoms with E-state index in [1.54, 1.807) is 20.3 Å². The third kappa shape index (κ3) is 24.4. The molecule has 108 valence electrons. The molecule has 5 heteroatoms. The highest BCUT2D eigenvalue weighted by Gasteiger charge is 1.87. The summed E-state index contributed by atoms with van der Waals surface area (Å²) in [6.45, 7) is 5.76. The van der Waals surface area contributed by atoms with E-state index < -0.39 is 5.97 Å². The van der Waals surface area contributed by atoms with Gasteiger partial charge in [-0.2, -0.15) is 0 Å². The molecule has 0 heterocycles. The normalized spacial score (nSPS) is 10.2. The summed E-state index contributed by atoms with van der Waals surface area (Å²) in [5, 5.41) is 11.9. The molecular formula is C13H27NO4. The minimum absolute atomic E-state index is 0.823. The van der Waals surface area contributed by atoms with Gasteiger partial charge in [-0.05, 0) is 12.5 Å². The van der Waals surface area contributed by atoms with Gasteiger partial charge in [0.05, 0.1) is 32.3 Å². The van der Waals surface area contributed by atoms with Crippen LogP contribution in [0, 0.1) is 0 Å². The molecule has 0 aromatic carbocycles. The summed E-state index contributed by atoms with van der Waals surface area (Å²) < 4.78 is 9.70. The van der Waals surface area contributed by atoms with Gasteiger partial charge in [0.25, 0.3) is 0 Å². The number of carboxylic acid groups (broad SMARTS) is 1. The maximum Gasteiger partial charge on any atom is 0.0993 e. The quantitative estimate of drug-likeness (QED) is 0.418. The molecule has 0 radical (unpaired) electrons. The molecule has 0 amide bonds. The van der Waals surface area contributed by atoms with E-state index in [-0.39, 0.29) is 0 Å². The van der Waals surface area contributed by atoms with E-state index in [1.165, 1.54) is 0 Å². The van der Waals surface area contributed by atoms with Gasteiger partial charge in [0.15, 0.2) is 0 Å². The number of nitrogens with two attached hydrogens (primary N) is 1. The number of quaternary nitrogens is 1. The van der Waals surface area contributed by atoms with Gasteiger partial charge in [-0.25, -0.2) is 0 Å². The van der Waals surface area contributed by atoms with Gasteiger partial charge in [-0.15, -0.1) is 0 Å². The average Bonchev–Trinajstić information content (AvgIpc) is 2.35. The number of hydrogen-bond acceptors (Lipinski definition) is 4. The third-order valence-electron chi connectivity index (χ3n) is 2.03. The van der Waals surface area contributed by atoms with Crippen LogP contribution in [-0.4, -0.2) is 46.5 Å². The molecule has 0 aliphatic carbocycles. The standard InChI is InChI=1S/C7H12O2.C6H15NO2/c1-2-3-4-5-6-7(8)9;1-8-5-3-7-4-6-9-2/h5-6H,2-4H2,1H3,(H,8,9);7H,3-6H2,1-2H3. The fraction of sp³-hybridized carbons (Fsp3) is 0.769. The van der Waals surface area contributed by atoms with Crippen molar-refractivity contribution in [1.29, 1.82) is 0 Å². The first-order valence-electron chi connectivity index (χ1n) is 6.36. The maximum atomic E-state index is 9.76. The Kier molecular flexibility index (Phi) is 19.9. The lowest BCUT2D eigenvalue weighted by atomic mass is 10.2. The molecular weight excluding hydrogens is 234 g/mol. The van der Waals surface area contributed by atoms with Crippen LogP contribution >= 0.6 is 0 Å². The van der Waals surface area contributed by atoms with Gasteiger partial charge in [-0.3, -0.25) is 0 Å². The number of carbonyl (C=O) groups excluding carboxylic acids is 1. The van der Waals surface area contributed by atoms with E-state index in [4.69, 9.17) is 9.47 Å². The smallest absolute Gasteiger partial charge is 0.0993 e. The largest absolute Gasteiger partial charge is 0.545 e. The summed E-state index contributed by atoms with van der Waals surface area (Å²) in [6.07, 6.45) is 5.68. The van der Waals surface area contributed by atoms with Crippen molar-refractivity contribution in [2.24, 2.45) is 0 Å². The summed E-state index contributed by atoms with van der Waals surface area (Å²) in [7, 11) is 3.42. The first-order valence-corrected chi connectivity index (χ1v) is 6.36. The van der Waals surface area contributed by atoms with Crippen LogP contribution in [-0.2, 0) is 14.3 Å². The molecule has 0 spiro atoms. The van der Waals surface area contributed by atoms with E-state index in [0.29, 0.717) is 0 Å². The van der Waals surface area contributed by atoms with Gasteiger partial charge < -0.3 is 24.7 Å². The zero-order valence-electron chi connectivity index (χ0n) is 11.8. The van der Waals surface area contributed by atoms with Crippen molar-refractivity contribution in [3.8, 4) is 0 Å². The third-order valence-corrected chi connectivity index (χ3v) is 2.03. The molecule has 0 aliphatic heterocycles. The van der Waals surface area contributed by atoms with Crippen LogP contribution < -0.4 is 10.4 Å². The van der Waals surface area contributed by atoms with Crippen molar-refractivity contribution >= 4 is 5.97 Å². The van der Waals surface area contributed by atoms with Crippen LogP contribution in [0.4, 0.5) is 0 Å². The molecule has 2 N–H and O–H groups in total. The second-order valence-corrected chi connectivity index (χ2v) is 3.72. The summed E-state index contributed by atoms with van der Waals surface area (Å²) >= 11 is 0. The lowest BCUT2D eigenvalue weighted by Crippen LogP contribution is -2.86. The highest BCUT2D eigenvalue weighted by Crippen LogP contribution is 1.93. The fourth-order valence-electron chi connectivity index (χ4n) is 1.05. The second-order valence-electron chi connectivity index (χ2n) is 3.72. The van der Waals surface area contributed by atoms with Gasteiger partial charge in [0, 0.05) is 14.2 Å². The van der Waals surface area contributed by atoms with Gasteiger partial charge >= 0.3 is 0 Å². The molecule has 0 aromatic rings. The lowest BCUT2D eigenvalue weighted by molar-refractivity contribution is -0.657. The predicted molar refractivity (Wildman–Crippen MR) is 69.1 cm³/mol. The number of ether oxygens (including phenoxy) is 2. The number of hydrogen-bond donors (Lipinski definition) is 1. The van der Waals surface area contributed by atoms with Crippen molar-refractivity contribution in [3.63, 3.8) is 0 Å². The molecule has 0 rings (SSSR count). The number of aliphatic carboxylic acids is 1. The highest BCUT2D eigenvalue weighted by molar-refractivity contribution is 5.77. The predicted octanol–water partition coefficient (Wildman–Crippen LogP) is -0.675. The molecule has 0 bridgehead atoms. The molecule has 0 atom stereocenters. The van der Waals surface area contributed by atoms with Crippen molar-refractivity contribution in [3.05, 3.63) is 12.2 Å². The monoisotopic (exact) mass is 261 g/mol. The summed E-state index contributed by atoms with van der Waals surface area (Å²) in [6, 6.07) is 0. The Labute approximate surface area is 110 Å². The molecule has 0 unspecified atom stereocenters. The molecule has 0 aromatic heterocycles. The number of methoxy groups -OCH3 is 2. The zero-order valence-corrected chi connectivity index (χ0v) is 11.8. The van der Waals surface area contributed by atoms with E-state index in [2.05, 4.69) is 12.2 Å². The van der Waals surface area contributed by atoms with Crippen molar-refractivity contribution in [2.75, 3.05) is 40.5 Å². The molecule has 18 heavy (non-hydrogen) atoms. The first kappa shape index (κ1) is 19.4. The van der Waals surface area contributed by atoms with Gasteiger partial charge in [-0.1, -0.05) is 25.8 Å². The lowest BCUT2D eigenvalue weighted by Gasteiger charge is -1.98. The number of allylic oxidation sites excluding steroid dienone is 1. The van der Waals surface area contributed by atoms with Crippen molar-refractivity contribution < 1.29 is 24.7 Å². The van der Waals surface area contributed by atoms with E-state index in [9.17, 15) is 9.90 Å². The molecule has 0 saturated carbocycles. The highest BCUT2D eigenvalue weighted by atomic mass is 16.5. The van der Waals surface area contributed by atoms with Crippen LogP contribution in [0.1, 0.15) is 26.2 Å². The summed E-state index contributed by atoms with van der Waals surface area (Å²) in [5.41, 5.74) is 0. The number of carboxylic acids is 1. The molecule has 0 saturated heterocycles. The maximum absolute atomic E-state index is 9.76. The SMILES string of the molecule is CCCCC=CC(=O)[O-].COCC[NH2+]CCOC. The minimum Gasteiger partial charge on any atom is -0.545 e. The average molecular weight is 261 g/mol. The molecule has 0 aliphatic rings. The van der Waals surface area contributed by atoms with Gasteiger partial charge in [0.2, 0.25) is 0 Å². The summed E-state index contributed by atoms with van der Waals surface area (Å²) in [4.78, 5) is 9.76. The van der Waals surface area contributed by atoms with E-state index in [1.807, 2.05) is 0 Å². The summed E-state index contributed by atoms with van der Waals surface area (Å²) in [5.74, 6) is -1.11. The number of unbranched alkanes of at least 4 members (excludes halogenated alkanes) is 2. The van der Waals surface area contributed by atoms with E-state index in [0.717, 1.165) is 51.6 Å². The zero-order chi connectivity index (χ0) is 14.1. The second kappa shape index (κ2) is 18.5. The van der Waals surface area contributed by atoms with Crippen molar-refractivity contribution in [1.82, 2.24) is 0 Å². The Balaban J connectivity index is 0.